The van der Waals surface area contributed by atoms with Gasteiger partial charge in [0.25, 0.3) is 0 Å². The number of rotatable bonds is 7. The third kappa shape index (κ3) is 5.31. The first-order chi connectivity index (χ1) is 8.13. The highest BCUT2D eigenvalue weighted by atomic mass is 16.5. The molecule has 0 aliphatic rings. The highest BCUT2D eigenvalue weighted by Gasteiger charge is 2.05. The Labute approximate surface area is 104 Å². The van der Waals surface area contributed by atoms with E-state index in [-0.39, 0.29) is 6.04 Å². The fourth-order valence-corrected chi connectivity index (χ4v) is 1.67. The Morgan fingerprint density at radius 1 is 1.18 bits per heavy atom. The summed E-state index contributed by atoms with van der Waals surface area (Å²) in [5.74, 6) is 0. The topological polar surface area (TPSA) is 44.5 Å². The molecular formula is C14H23NO2. The summed E-state index contributed by atoms with van der Waals surface area (Å²) in [6.07, 6.45) is 0.855. The van der Waals surface area contributed by atoms with Gasteiger partial charge < -0.3 is 15.2 Å². The minimum atomic E-state index is 0.0500. The van der Waals surface area contributed by atoms with Crippen LogP contribution in [0, 0.1) is 13.8 Å². The fourth-order valence-electron chi connectivity index (χ4n) is 1.67. The average molecular weight is 237 g/mol. The monoisotopic (exact) mass is 237 g/mol. The molecule has 0 heterocycles. The molecule has 3 nitrogen and oxygen atoms in total. The zero-order valence-electron chi connectivity index (χ0n) is 11.0. The van der Waals surface area contributed by atoms with E-state index in [9.17, 15) is 0 Å². The Morgan fingerprint density at radius 2 is 1.94 bits per heavy atom. The van der Waals surface area contributed by atoms with E-state index in [4.69, 9.17) is 15.2 Å². The first-order valence-electron chi connectivity index (χ1n) is 6.02. The summed E-state index contributed by atoms with van der Waals surface area (Å²) >= 11 is 0. The number of benzene rings is 1. The minimum Gasteiger partial charge on any atom is -0.382 e. The van der Waals surface area contributed by atoms with Gasteiger partial charge in [0.15, 0.2) is 0 Å². The van der Waals surface area contributed by atoms with Crippen LogP contribution >= 0.6 is 0 Å². The number of nitrogens with two attached hydrogens (primary N) is 1. The van der Waals surface area contributed by atoms with Crippen molar-refractivity contribution >= 4 is 0 Å². The van der Waals surface area contributed by atoms with Crippen molar-refractivity contribution in [1.29, 1.82) is 0 Å². The Hall–Kier alpha value is -0.900. The van der Waals surface area contributed by atoms with Crippen LogP contribution < -0.4 is 5.73 Å². The van der Waals surface area contributed by atoms with E-state index in [0.29, 0.717) is 19.8 Å². The van der Waals surface area contributed by atoms with Crippen molar-refractivity contribution < 1.29 is 9.47 Å². The summed E-state index contributed by atoms with van der Waals surface area (Å²) in [4.78, 5) is 0. The zero-order valence-corrected chi connectivity index (χ0v) is 11.0. The standard InChI is InChI=1S/C14H23NO2/c1-11-4-5-13(8-12(11)2)9-14(15)10-17-7-6-16-3/h4-5,8,14H,6-7,9-10,15H2,1-3H3. The van der Waals surface area contributed by atoms with Gasteiger partial charge in [-0.25, -0.2) is 0 Å². The number of methoxy groups -OCH3 is 1. The molecule has 0 aliphatic carbocycles. The summed E-state index contributed by atoms with van der Waals surface area (Å²) in [5, 5.41) is 0. The van der Waals surface area contributed by atoms with Crippen molar-refractivity contribution in [2.75, 3.05) is 26.9 Å². The SMILES string of the molecule is COCCOCC(N)Cc1ccc(C)c(C)c1. The molecule has 1 atom stereocenters. The summed E-state index contributed by atoms with van der Waals surface area (Å²) in [6, 6.07) is 6.53. The Bertz CT molecular complexity index is 339. The quantitative estimate of drug-likeness (QED) is 0.736. The maximum absolute atomic E-state index is 6.01. The molecule has 0 amide bonds. The molecule has 2 N–H and O–H groups in total. The van der Waals surface area contributed by atoms with E-state index in [1.54, 1.807) is 7.11 Å². The summed E-state index contributed by atoms with van der Waals surface area (Å²) in [5.41, 5.74) is 9.92. The highest BCUT2D eigenvalue weighted by Crippen LogP contribution is 2.11. The fraction of sp³-hybridized carbons (Fsp3) is 0.571. The van der Waals surface area contributed by atoms with Crippen LogP contribution in [-0.2, 0) is 15.9 Å². The Kier molecular flexibility index (Phi) is 6.19. The molecule has 17 heavy (non-hydrogen) atoms. The van der Waals surface area contributed by atoms with E-state index in [1.165, 1.54) is 16.7 Å². The van der Waals surface area contributed by atoms with Crippen LogP contribution in [0.1, 0.15) is 16.7 Å². The zero-order chi connectivity index (χ0) is 12.7. The normalized spacial score (nSPS) is 12.7. The second kappa shape index (κ2) is 7.43. The van der Waals surface area contributed by atoms with Gasteiger partial charge in [-0.05, 0) is 37.0 Å². The number of hydrogen-bond donors (Lipinski definition) is 1. The molecule has 1 rings (SSSR count). The minimum absolute atomic E-state index is 0.0500. The predicted molar refractivity (Wildman–Crippen MR) is 70.3 cm³/mol. The molecule has 96 valence electrons. The predicted octanol–water partition coefficient (Wildman–Crippen LogP) is 1.84. The van der Waals surface area contributed by atoms with Gasteiger partial charge >= 0.3 is 0 Å². The van der Waals surface area contributed by atoms with E-state index < -0.39 is 0 Å². The largest absolute Gasteiger partial charge is 0.382 e. The highest BCUT2D eigenvalue weighted by molar-refractivity contribution is 5.30. The summed E-state index contributed by atoms with van der Waals surface area (Å²) < 4.78 is 10.3. The third-order valence-electron chi connectivity index (χ3n) is 2.83. The smallest absolute Gasteiger partial charge is 0.0701 e. The lowest BCUT2D eigenvalue weighted by molar-refractivity contribution is 0.0637. The van der Waals surface area contributed by atoms with Crippen LogP contribution in [0.2, 0.25) is 0 Å². The molecule has 0 saturated carbocycles. The van der Waals surface area contributed by atoms with Crippen molar-refractivity contribution in [2.24, 2.45) is 5.73 Å². The average Bonchev–Trinajstić information content (AvgIpc) is 2.30. The summed E-state index contributed by atoms with van der Waals surface area (Å²) in [7, 11) is 1.67. The van der Waals surface area contributed by atoms with Gasteiger partial charge in [-0.1, -0.05) is 18.2 Å². The number of hydrogen-bond acceptors (Lipinski definition) is 3. The lowest BCUT2D eigenvalue weighted by Crippen LogP contribution is -2.29. The molecule has 1 unspecified atom stereocenters. The van der Waals surface area contributed by atoms with Gasteiger partial charge in [-0.3, -0.25) is 0 Å². The van der Waals surface area contributed by atoms with Crippen molar-refractivity contribution in [3.8, 4) is 0 Å². The third-order valence-corrected chi connectivity index (χ3v) is 2.83. The van der Waals surface area contributed by atoms with Gasteiger partial charge in [0.1, 0.15) is 0 Å². The summed E-state index contributed by atoms with van der Waals surface area (Å²) in [6.45, 7) is 6.05. The lowest BCUT2D eigenvalue weighted by Gasteiger charge is -2.13. The Balaban J connectivity index is 2.34. The van der Waals surface area contributed by atoms with E-state index in [2.05, 4.69) is 32.0 Å². The van der Waals surface area contributed by atoms with E-state index in [1.807, 2.05) is 0 Å². The molecule has 1 aromatic rings. The molecule has 0 spiro atoms. The second-order valence-corrected chi connectivity index (χ2v) is 4.45. The maximum Gasteiger partial charge on any atom is 0.0701 e. The van der Waals surface area contributed by atoms with Crippen LogP contribution in [0.4, 0.5) is 0 Å². The first-order valence-corrected chi connectivity index (χ1v) is 6.02. The molecular weight excluding hydrogens is 214 g/mol. The van der Waals surface area contributed by atoms with Gasteiger partial charge in [-0.2, -0.15) is 0 Å². The number of ether oxygens (including phenoxy) is 2. The van der Waals surface area contributed by atoms with Gasteiger partial charge in [-0.15, -0.1) is 0 Å². The lowest BCUT2D eigenvalue weighted by atomic mass is 10.0. The van der Waals surface area contributed by atoms with Gasteiger partial charge in [0.2, 0.25) is 0 Å². The van der Waals surface area contributed by atoms with Crippen molar-refractivity contribution in [2.45, 2.75) is 26.3 Å². The van der Waals surface area contributed by atoms with E-state index >= 15 is 0 Å². The molecule has 0 radical (unpaired) electrons. The van der Waals surface area contributed by atoms with E-state index in [0.717, 1.165) is 6.42 Å². The van der Waals surface area contributed by atoms with Crippen molar-refractivity contribution in [3.63, 3.8) is 0 Å². The molecule has 0 fully saturated rings. The van der Waals surface area contributed by atoms with Gasteiger partial charge in [0, 0.05) is 13.2 Å². The van der Waals surface area contributed by atoms with Gasteiger partial charge in [0.05, 0.1) is 19.8 Å². The Morgan fingerprint density at radius 3 is 2.59 bits per heavy atom. The molecule has 0 aliphatic heterocycles. The van der Waals surface area contributed by atoms with Crippen LogP contribution in [0.25, 0.3) is 0 Å². The van der Waals surface area contributed by atoms with Crippen molar-refractivity contribution in [3.05, 3.63) is 34.9 Å². The van der Waals surface area contributed by atoms with Crippen LogP contribution in [0.3, 0.4) is 0 Å². The molecule has 0 bridgehead atoms. The van der Waals surface area contributed by atoms with Crippen LogP contribution in [-0.4, -0.2) is 33.0 Å². The van der Waals surface area contributed by atoms with Crippen molar-refractivity contribution in [1.82, 2.24) is 0 Å². The molecule has 1 aromatic carbocycles. The molecule has 0 aromatic heterocycles. The van der Waals surface area contributed by atoms with Crippen LogP contribution in [0.15, 0.2) is 18.2 Å². The van der Waals surface area contributed by atoms with Crippen LogP contribution in [0.5, 0.6) is 0 Å². The number of aryl methyl sites for hydroxylation is 2. The maximum atomic E-state index is 6.01. The first kappa shape index (κ1) is 14.2. The molecule has 3 heteroatoms. The molecule has 0 saturated heterocycles. The second-order valence-electron chi connectivity index (χ2n) is 4.45.